The summed E-state index contributed by atoms with van der Waals surface area (Å²) in [6, 6.07) is 6.56. The summed E-state index contributed by atoms with van der Waals surface area (Å²) in [5.74, 6) is 0.772. The van der Waals surface area contributed by atoms with Gasteiger partial charge in [-0.2, -0.15) is 13.2 Å². The van der Waals surface area contributed by atoms with E-state index >= 15 is 0 Å². The van der Waals surface area contributed by atoms with Gasteiger partial charge in [-0.3, -0.25) is 9.78 Å². The van der Waals surface area contributed by atoms with Gasteiger partial charge in [-0.1, -0.05) is 31.5 Å². The number of aryl methyl sites for hydroxylation is 3. The predicted octanol–water partition coefficient (Wildman–Crippen LogP) is 6.96. The van der Waals surface area contributed by atoms with Gasteiger partial charge in [0.2, 0.25) is 0 Å². The third kappa shape index (κ3) is 5.55. The van der Waals surface area contributed by atoms with Crippen molar-refractivity contribution in [2.75, 3.05) is 5.75 Å². The molecule has 1 N–H and O–H groups in total. The van der Waals surface area contributed by atoms with Gasteiger partial charge in [0.05, 0.1) is 5.57 Å². The minimum atomic E-state index is -4.44. The second-order valence-corrected chi connectivity index (χ2v) is 9.37. The quantitative estimate of drug-likeness (QED) is 0.451. The Morgan fingerprint density at radius 2 is 1.78 bits per heavy atom. The smallest absolute Gasteiger partial charge is 0.433 e. The van der Waals surface area contributed by atoms with E-state index in [0.717, 1.165) is 41.2 Å². The van der Waals surface area contributed by atoms with Crippen molar-refractivity contribution < 1.29 is 23.1 Å². The van der Waals surface area contributed by atoms with Crippen molar-refractivity contribution in [1.29, 1.82) is 0 Å². The van der Waals surface area contributed by atoms with E-state index in [2.05, 4.69) is 31.0 Å². The van der Waals surface area contributed by atoms with Crippen LogP contribution in [0.4, 0.5) is 13.2 Å². The first-order chi connectivity index (χ1) is 15.1. The molecule has 32 heavy (non-hydrogen) atoms. The average Bonchev–Trinajstić information content (AvgIpc) is 2.73. The molecular formula is C25H28F3NO2S. The fraction of sp³-hybridized carbons (Fsp3) is 0.440. The molecule has 7 heteroatoms. The number of rotatable bonds is 7. The number of Topliss-reactive ketones (excluding diaryl/α,β-unsaturated/α-hetero) is 1. The van der Waals surface area contributed by atoms with E-state index < -0.39 is 11.9 Å². The zero-order valence-electron chi connectivity index (χ0n) is 18.6. The van der Waals surface area contributed by atoms with Crippen LogP contribution in [0, 0.1) is 12.8 Å². The number of aliphatic hydroxyl groups excluding tert-OH is 1. The van der Waals surface area contributed by atoms with Crippen LogP contribution in [0.3, 0.4) is 0 Å². The first kappa shape index (κ1) is 24.4. The molecule has 1 aromatic heterocycles. The Balaban J connectivity index is 1.69. The van der Waals surface area contributed by atoms with Crippen LogP contribution in [-0.4, -0.2) is 21.6 Å². The van der Waals surface area contributed by atoms with Gasteiger partial charge >= 0.3 is 6.18 Å². The van der Waals surface area contributed by atoms with Crippen LogP contribution >= 0.6 is 11.8 Å². The molecule has 1 aliphatic carbocycles. The molecule has 0 bridgehead atoms. The number of ketones is 1. The van der Waals surface area contributed by atoms with E-state index in [0.29, 0.717) is 35.5 Å². The van der Waals surface area contributed by atoms with Gasteiger partial charge in [-0.05, 0) is 66.7 Å². The summed E-state index contributed by atoms with van der Waals surface area (Å²) in [7, 11) is 0. The van der Waals surface area contributed by atoms with E-state index in [1.807, 2.05) is 6.92 Å². The number of aromatic nitrogens is 1. The lowest BCUT2D eigenvalue weighted by Gasteiger charge is -2.26. The highest BCUT2D eigenvalue weighted by Crippen LogP contribution is 2.38. The number of hydrogen-bond donors (Lipinski definition) is 1. The molecular weight excluding hydrogens is 435 g/mol. The standard InChI is InChI=1S/C25H28F3NO2S/c1-4-17-10-15(3)11-18(5-2)23(17)24-20(30)12-16(13-21(24)31)8-9-32-19-6-7-22(29-14-19)25(26,27)28/h6-7,10-11,14,16,30H,4-5,8-9,12-13H2,1-3H3. The second-order valence-electron chi connectivity index (χ2n) is 8.20. The van der Waals surface area contributed by atoms with Crippen molar-refractivity contribution in [2.24, 2.45) is 5.92 Å². The van der Waals surface area contributed by atoms with Gasteiger partial charge < -0.3 is 5.11 Å². The Bertz CT molecular complexity index is 988. The van der Waals surface area contributed by atoms with Gasteiger partial charge in [-0.25, -0.2) is 0 Å². The molecule has 0 saturated heterocycles. The van der Waals surface area contributed by atoms with Crippen LogP contribution in [0.2, 0.25) is 0 Å². The van der Waals surface area contributed by atoms with Crippen LogP contribution in [0.5, 0.6) is 0 Å². The van der Waals surface area contributed by atoms with Crippen molar-refractivity contribution >= 4 is 23.1 Å². The molecule has 0 spiro atoms. The maximum Gasteiger partial charge on any atom is 0.433 e. The van der Waals surface area contributed by atoms with Gasteiger partial charge in [0.25, 0.3) is 0 Å². The number of thioether (sulfide) groups is 1. The number of hydrogen-bond acceptors (Lipinski definition) is 4. The maximum atomic E-state index is 13.1. The second kappa shape index (κ2) is 10.1. The molecule has 0 radical (unpaired) electrons. The lowest BCUT2D eigenvalue weighted by atomic mass is 9.79. The fourth-order valence-corrected chi connectivity index (χ4v) is 5.24. The number of pyridine rings is 1. The Labute approximate surface area is 191 Å². The molecule has 172 valence electrons. The number of allylic oxidation sites excluding steroid dienone is 2. The molecule has 0 aliphatic heterocycles. The van der Waals surface area contributed by atoms with Crippen molar-refractivity contribution in [2.45, 2.75) is 63.9 Å². The van der Waals surface area contributed by atoms with Crippen LogP contribution in [-0.2, 0) is 23.8 Å². The summed E-state index contributed by atoms with van der Waals surface area (Å²) in [6.07, 6.45) is -0.155. The first-order valence-electron chi connectivity index (χ1n) is 10.9. The van der Waals surface area contributed by atoms with Gasteiger partial charge in [-0.15, -0.1) is 11.8 Å². The highest BCUT2D eigenvalue weighted by atomic mass is 32.2. The minimum Gasteiger partial charge on any atom is -0.512 e. The molecule has 1 aliphatic rings. The van der Waals surface area contributed by atoms with Crippen LogP contribution in [0.15, 0.2) is 41.1 Å². The molecule has 1 unspecified atom stereocenters. The lowest BCUT2D eigenvalue weighted by molar-refractivity contribution is -0.141. The maximum absolute atomic E-state index is 13.1. The zero-order valence-corrected chi connectivity index (χ0v) is 19.4. The predicted molar refractivity (Wildman–Crippen MR) is 122 cm³/mol. The van der Waals surface area contributed by atoms with Gasteiger partial charge in [0.15, 0.2) is 5.78 Å². The molecule has 0 saturated carbocycles. The first-order valence-corrected chi connectivity index (χ1v) is 11.9. The SMILES string of the molecule is CCc1cc(C)cc(CC)c1C1=C(O)CC(CCSc2ccc(C(F)(F)F)nc2)CC1=O. The van der Waals surface area contributed by atoms with E-state index in [9.17, 15) is 23.1 Å². The van der Waals surface area contributed by atoms with Gasteiger partial charge in [0.1, 0.15) is 11.5 Å². The monoisotopic (exact) mass is 463 g/mol. The zero-order chi connectivity index (χ0) is 23.5. The number of carbonyl (C=O) groups excluding carboxylic acids is 1. The minimum absolute atomic E-state index is 0.0155. The van der Waals surface area contributed by atoms with E-state index in [-0.39, 0.29) is 17.5 Å². The number of carbonyl (C=O) groups is 1. The topological polar surface area (TPSA) is 50.2 Å². The molecule has 2 aromatic rings. The van der Waals surface area contributed by atoms with Crippen LogP contribution < -0.4 is 0 Å². The third-order valence-electron chi connectivity index (χ3n) is 5.80. The average molecular weight is 464 g/mol. The number of nitrogens with zero attached hydrogens (tertiary/aromatic N) is 1. The van der Waals surface area contributed by atoms with E-state index in [1.165, 1.54) is 24.0 Å². The summed E-state index contributed by atoms with van der Waals surface area (Å²) in [5, 5.41) is 10.8. The largest absolute Gasteiger partial charge is 0.512 e. The Hall–Kier alpha value is -2.28. The normalized spacial score (nSPS) is 17.2. The number of halogens is 3. The van der Waals surface area contributed by atoms with Crippen LogP contribution in [0.25, 0.3) is 5.57 Å². The van der Waals surface area contributed by atoms with Crippen molar-refractivity contribution in [1.82, 2.24) is 4.98 Å². The summed E-state index contributed by atoms with van der Waals surface area (Å²) in [6.45, 7) is 6.15. The number of benzene rings is 1. The Kier molecular flexibility index (Phi) is 7.70. The van der Waals surface area contributed by atoms with E-state index in [4.69, 9.17) is 0 Å². The van der Waals surface area contributed by atoms with Crippen molar-refractivity contribution in [3.05, 3.63) is 64.2 Å². The van der Waals surface area contributed by atoms with Crippen LogP contribution in [0.1, 0.15) is 61.1 Å². The number of alkyl halides is 3. The highest BCUT2D eigenvalue weighted by molar-refractivity contribution is 7.99. The third-order valence-corrected chi connectivity index (χ3v) is 6.82. The van der Waals surface area contributed by atoms with Crippen molar-refractivity contribution in [3.63, 3.8) is 0 Å². The molecule has 1 aromatic carbocycles. The summed E-state index contributed by atoms with van der Waals surface area (Å²) >= 11 is 1.41. The van der Waals surface area contributed by atoms with Gasteiger partial charge in [0, 0.05) is 23.9 Å². The fourth-order valence-electron chi connectivity index (χ4n) is 4.26. The summed E-state index contributed by atoms with van der Waals surface area (Å²) < 4.78 is 37.9. The molecule has 1 atom stereocenters. The molecule has 3 nitrogen and oxygen atoms in total. The lowest BCUT2D eigenvalue weighted by Crippen LogP contribution is -2.21. The number of aliphatic hydroxyl groups is 1. The van der Waals surface area contributed by atoms with E-state index in [1.54, 1.807) is 0 Å². The Morgan fingerprint density at radius 3 is 2.28 bits per heavy atom. The highest BCUT2D eigenvalue weighted by Gasteiger charge is 2.32. The summed E-state index contributed by atoms with van der Waals surface area (Å²) in [4.78, 5) is 17.2. The molecule has 3 rings (SSSR count). The van der Waals surface area contributed by atoms with Crippen molar-refractivity contribution in [3.8, 4) is 0 Å². The summed E-state index contributed by atoms with van der Waals surface area (Å²) in [5.41, 5.74) is 3.78. The molecule has 1 heterocycles. The molecule has 0 amide bonds. The Morgan fingerprint density at radius 1 is 1.12 bits per heavy atom. The molecule has 0 fully saturated rings.